The molecule has 0 fully saturated rings. The number of amides is 1. The summed E-state index contributed by atoms with van der Waals surface area (Å²) in [5.74, 6) is -0.777. The van der Waals surface area contributed by atoms with E-state index in [-0.39, 0.29) is 11.3 Å². The first kappa shape index (κ1) is 14.2. The number of anilines is 1. The molecule has 2 aromatic rings. The molecule has 3 N–H and O–H groups in total. The molecule has 0 aliphatic heterocycles. The first-order chi connectivity index (χ1) is 9.47. The summed E-state index contributed by atoms with van der Waals surface area (Å²) in [4.78, 5) is 12.1. The number of nitrogens with one attached hydrogen (secondary N) is 1. The molecule has 4 nitrogen and oxygen atoms in total. The molecular formula is C14H13BFNO3. The highest BCUT2D eigenvalue weighted by Crippen LogP contribution is 2.12. The van der Waals surface area contributed by atoms with Crippen LogP contribution in [0.2, 0.25) is 0 Å². The van der Waals surface area contributed by atoms with Gasteiger partial charge in [0.2, 0.25) is 0 Å². The van der Waals surface area contributed by atoms with Crippen molar-refractivity contribution in [1.29, 1.82) is 0 Å². The molecule has 0 saturated heterocycles. The molecule has 2 rings (SSSR count). The van der Waals surface area contributed by atoms with Crippen molar-refractivity contribution in [2.24, 2.45) is 0 Å². The van der Waals surface area contributed by atoms with E-state index in [4.69, 9.17) is 10.0 Å². The largest absolute Gasteiger partial charge is 0.488 e. The highest BCUT2D eigenvalue weighted by molar-refractivity contribution is 6.58. The molecule has 0 heterocycles. The first-order valence-corrected chi connectivity index (χ1v) is 6.01. The number of aryl methyl sites for hydroxylation is 1. The minimum absolute atomic E-state index is 0.236. The van der Waals surface area contributed by atoms with E-state index in [1.165, 1.54) is 36.4 Å². The Labute approximate surface area is 116 Å². The fraction of sp³-hybridized carbons (Fsp3) is 0.0714. The standard InChI is InChI=1S/C14H13BFNO3/c1-9-2-3-10(15(19)20)8-13(9)14(18)17-12-6-4-11(16)5-7-12/h2-8,19-20H,1H3,(H,17,18). The maximum absolute atomic E-state index is 12.8. The van der Waals surface area contributed by atoms with Crippen molar-refractivity contribution < 1.29 is 19.2 Å². The van der Waals surface area contributed by atoms with Gasteiger partial charge in [-0.15, -0.1) is 0 Å². The second-order valence-corrected chi connectivity index (χ2v) is 4.41. The van der Waals surface area contributed by atoms with Gasteiger partial charge in [0.25, 0.3) is 5.91 Å². The molecule has 2 aromatic carbocycles. The molecule has 102 valence electrons. The normalized spacial score (nSPS) is 10.2. The predicted molar refractivity (Wildman–Crippen MR) is 75.4 cm³/mol. The minimum Gasteiger partial charge on any atom is -0.423 e. The minimum atomic E-state index is -1.63. The lowest BCUT2D eigenvalue weighted by atomic mass is 9.79. The molecule has 0 radical (unpaired) electrons. The number of hydrogen-bond donors (Lipinski definition) is 3. The molecule has 6 heteroatoms. The molecule has 20 heavy (non-hydrogen) atoms. The molecule has 0 aromatic heterocycles. The van der Waals surface area contributed by atoms with Crippen LogP contribution in [0.1, 0.15) is 15.9 Å². The van der Waals surface area contributed by atoms with Gasteiger partial charge in [0.1, 0.15) is 5.82 Å². The van der Waals surface area contributed by atoms with E-state index in [9.17, 15) is 9.18 Å². The van der Waals surface area contributed by atoms with E-state index < -0.39 is 13.0 Å². The quantitative estimate of drug-likeness (QED) is 0.732. The Hall–Kier alpha value is -2.18. The zero-order valence-electron chi connectivity index (χ0n) is 10.8. The van der Waals surface area contributed by atoms with Gasteiger partial charge in [0.05, 0.1) is 0 Å². The van der Waals surface area contributed by atoms with Gasteiger partial charge in [-0.1, -0.05) is 12.1 Å². The van der Waals surface area contributed by atoms with Gasteiger partial charge >= 0.3 is 7.12 Å². The van der Waals surface area contributed by atoms with Crippen LogP contribution >= 0.6 is 0 Å². The molecule has 0 atom stereocenters. The summed E-state index contributed by atoms with van der Waals surface area (Å²) in [6.07, 6.45) is 0. The highest BCUT2D eigenvalue weighted by Gasteiger charge is 2.16. The van der Waals surface area contributed by atoms with Gasteiger partial charge in [-0.2, -0.15) is 0 Å². The van der Waals surface area contributed by atoms with Crippen molar-refractivity contribution in [3.05, 3.63) is 59.4 Å². The number of hydrogen-bond acceptors (Lipinski definition) is 3. The second kappa shape index (κ2) is 5.86. The van der Waals surface area contributed by atoms with Gasteiger partial charge in [-0.25, -0.2) is 4.39 Å². The van der Waals surface area contributed by atoms with Crippen LogP contribution in [0.15, 0.2) is 42.5 Å². The van der Waals surface area contributed by atoms with Crippen LogP contribution < -0.4 is 10.8 Å². The van der Waals surface area contributed by atoms with Crippen molar-refractivity contribution in [1.82, 2.24) is 0 Å². The lowest BCUT2D eigenvalue weighted by molar-refractivity contribution is 0.102. The fourth-order valence-corrected chi connectivity index (χ4v) is 1.78. The van der Waals surface area contributed by atoms with Gasteiger partial charge in [0, 0.05) is 11.3 Å². The van der Waals surface area contributed by atoms with E-state index in [0.29, 0.717) is 16.8 Å². The summed E-state index contributed by atoms with van der Waals surface area (Å²) in [5.41, 5.74) is 1.74. The molecule has 0 aliphatic rings. The van der Waals surface area contributed by atoms with Crippen LogP contribution in [0.5, 0.6) is 0 Å². The topological polar surface area (TPSA) is 69.6 Å². The third kappa shape index (κ3) is 3.23. The predicted octanol–water partition coefficient (Wildman–Crippen LogP) is 1.07. The maximum Gasteiger partial charge on any atom is 0.488 e. The Balaban J connectivity index is 2.24. The molecule has 0 unspecified atom stereocenters. The van der Waals surface area contributed by atoms with Gasteiger partial charge in [-0.3, -0.25) is 4.79 Å². The van der Waals surface area contributed by atoms with Crippen LogP contribution in [0.3, 0.4) is 0 Å². The summed E-state index contributed by atoms with van der Waals surface area (Å²) < 4.78 is 12.8. The molecule has 1 amide bonds. The summed E-state index contributed by atoms with van der Waals surface area (Å²) in [5, 5.41) is 20.9. The van der Waals surface area contributed by atoms with E-state index in [1.807, 2.05) is 0 Å². The van der Waals surface area contributed by atoms with Crippen molar-refractivity contribution in [2.75, 3.05) is 5.32 Å². The number of carbonyl (C=O) groups excluding carboxylic acids is 1. The van der Waals surface area contributed by atoms with Crippen LogP contribution in [-0.4, -0.2) is 23.1 Å². The zero-order chi connectivity index (χ0) is 14.7. The average molecular weight is 273 g/mol. The highest BCUT2D eigenvalue weighted by atomic mass is 19.1. The fourth-order valence-electron chi connectivity index (χ4n) is 1.78. The summed E-state index contributed by atoms with van der Waals surface area (Å²) in [6, 6.07) is 9.98. The second-order valence-electron chi connectivity index (χ2n) is 4.41. The van der Waals surface area contributed by atoms with E-state index >= 15 is 0 Å². The Bertz CT molecular complexity index is 629. The lowest BCUT2D eigenvalue weighted by Gasteiger charge is -2.09. The third-order valence-corrected chi connectivity index (χ3v) is 2.91. The summed E-state index contributed by atoms with van der Waals surface area (Å²) >= 11 is 0. The van der Waals surface area contributed by atoms with Crippen molar-refractivity contribution in [2.45, 2.75) is 6.92 Å². The van der Waals surface area contributed by atoms with Gasteiger partial charge in [-0.05, 0) is 48.3 Å². The van der Waals surface area contributed by atoms with Gasteiger partial charge in [0.15, 0.2) is 0 Å². The van der Waals surface area contributed by atoms with Crippen LogP contribution in [0.25, 0.3) is 0 Å². The Kier molecular flexibility index (Phi) is 4.17. The first-order valence-electron chi connectivity index (χ1n) is 6.01. The summed E-state index contributed by atoms with van der Waals surface area (Å²) in [6.45, 7) is 1.74. The number of carbonyl (C=O) groups is 1. The van der Waals surface area contributed by atoms with E-state index in [2.05, 4.69) is 5.32 Å². The number of rotatable bonds is 3. The van der Waals surface area contributed by atoms with Crippen molar-refractivity contribution in [3.8, 4) is 0 Å². The smallest absolute Gasteiger partial charge is 0.423 e. The van der Waals surface area contributed by atoms with Crippen LogP contribution in [-0.2, 0) is 0 Å². The van der Waals surface area contributed by atoms with E-state index in [0.717, 1.165) is 0 Å². The average Bonchev–Trinajstić information content (AvgIpc) is 2.41. The molecule has 0 spiro atoms. The Morgan fingerprint density at radius 1 is 1.15 bits per heavy atom. The number of benzene rings is 2. The summed E-state index contributed by atoms with van der Waals surface area (Å²) in [7, 11) is -1.63. The maximum atomic E-state index is 12.8. The third-order valence-electron chi connectivity index (χ3n) is 2.91. The molecule has 0 bridgehead atoms. The monoisotopic (exact) mass is 273 g/mol. The Morgan fingerprint density at radius 2 is 1.80 bits per heavy atom. The Morgan fingerprint density at radius 3 is 2.40 bits per heavy atom. The molecule has 0 aliphatic carbocycles. The van der Waals surface area contributed by atoms with Crippen LogP contribution in [0.4, 0.5) is 10.1 Å². The van der Waals surface area contributed by atoms with Crippen molar-refractivity contribution >= 4 is 24.2 Å². The van der Waals surface area contributed by atoms with Crippen molar-refractivity contribution in [3.63, 3.8) is 0 Å². The lowest BCUT2D eigenvalue weighted by Crippen LogP contribution is -2.31. The molecular weight excluding hydrogens is 260 g/mol. The van der Waals surface area contributed by atoms with Crippen LogP contribution in [0, 0.1) is 12.7 Å². The van der Waals surface area contributed by atoms with E-state index in [1.54, 1.807) is 13.0 Å². The zero-order valence-corrected chi connectivity index (χ0v) is 10.8. The SMILES string of the molecule is Cc1ccc(B(O)O)cc1C(=O)Nc1ccc(F)cc1. The van der Waals surface area contributed by atoms with Gasteiger partial charge < -0.3 is 15.4 Å². The molecule has 0 saturated carbocycles. The number of halogens is 1.